The summed E-state index contributed by atoms with van der Waals surface area (Å²) in [6.07, 6.45) is 0. The van der Waals surface area contributed by atoms with Gasteiger partial charge in [0.25, 0.3) is 0 Å². The number of hydrogen-bond acceptors (Lipinski definition) is 4. The molecule has 1 aliphatic heterocycles. The van der Waals surface area contributed by atoms with Crippen LogP contribution in [0.15, 0.2) is 42.5 Å². The van der Waals surface area contributed by atoms with Crippen LogP contribution in [0.2, 0.25) is 0 Å². The van der Waals surface area contributed by atoms with Gasteiger partial charge in [0, 0.05) is 44.3 Å². The first-order valence-corrected chi connectivity index (χ1v) is 10.3. The summed E-state index contributed by atoms with van der Waals surface area (Å²) in [6, 6.07) is 15.9. The number of hydrogen-bond donors (Lipinski definition) is 1. The molecule has 0 amide bonds. The Morgan fingerprint density at radius 1 is 1.18 bits per heavy atom. The quantitative estimate of drug-likeness (QED) is 0.784. The van der Waals surface area contributed by atoms with E-state index in [-0.39, 0.29) is 0 Å². The zero-order chi connectivity index (χ0) is 20.1. The highest BCUT2D eigenvalue weighted by atomic mass is 16.5. The number of benzene rings is 2. The Balaban J connectivity index is 1.74. The van der Waals surface area contributed by atoms with E-state index in [9.17, 15) is 0 Å². The van der Waals surface area contributed by atoms with Crippen LogP contribution in [0.5, 0.6) is 5.75 Å². The topological polar surface area (TPSA) is 27.7 Å². The van der Waals surface area contributed by atoms with Crippen LogP contribution in [-0.4, -0.2) is 50.6 Å². The molecule has 0 bridgehead atoms. The molecule has 1 N–H and O–H groups in total. The van der Waals surface area contributed by atoms with Crippen LogP contribution in [0.4, 0.5) is 0 Å². The molecule has 1 atom stereocenters. The molecule has 0 saturated carbocycles. The molecule has 152 valence electrons. The Hall–Kier alpha value is -1.88. The molecule has 0 radical (unpaired) electrons. The summed E-state index contributed by atoms with van der Waals surface area (Å²) < 4.78 is 5.55. The summed E-state index contributed by atoms with van der Waals surface area (Å²) >= 11 is 0. The van der Waals surface area contributed by atoms with Crippen molar-refractivity contribution in [2.45, 2.75) is 38.9 Å². The Morgan fingerprint density at radius 2 is 1.96 bits per heavy atom. The standard InChI is InChI=1S/C24H35N3O/c1-18(2)21-8-6-7-9-22(21)23-17-27(13-12-25-23)15-19-10-11-24(28-5)20(14-19)16-26(3)4/h6-11,14,18,23,25H,12-13,15-17H2,1-5H3/t23-/m0/s1. The lowest BCUT2D eigenvalue weighted by Gasteiger charge is -2.35. The first-order valence-electron chi connectivity index (χ1n) is 10.3. The number of rotatable bonds is 7. The van der Waals surface area contributed by atoms with Crippen molar-refractivity contribution < 1.29 is 4.74 Å². The molecule has 3 rings (SSSR count). The molecule has 1 saturated heterocycles. The Morgan fingerprint density at radius 3 is 2.68 bits per heavy atom. The van der Waals surface area contributed by atoms with Gasteiger partial charge in [-0.05, 0) is 48.8 Å². The molecule has 28 heavy (non-hydrogen) atoms. The third kappa shape index (κ3) is 5.13. The minimum Gasteiger partial charge on any atom is -0.496 e. The summed E-state index contributed by atoms with van der Waals surface area (Å²) in [5.41, 5.74) is 5.52. The van der Waals surface area contributed by atoms with Crippen LogP contribution in [0, 0.1) is 0 Å². The molecule has 4 nitrogen and oxygen atoms in total. The maximum Gasteiger partial charge on any atom is 0.123 e. The first-order chi connectivity index (χ1) is 13.5. The van der Waals surface area contributed by atoms with E-state index in [0.29, 0.717) is 12.0 Å². The lowest BCUT2D eigenvalue weighted by atomic mass is 9.91. The van der Waals surface area contributed by atoms with Gasteiger partial charge in [0.05, 0.1) is 7.11 Å². The summed E-state index contributed by atoms with van der Waals surface area (Å²) in [6.45, 7) is 9.58. The average Bonchev–Trinajstić information content (AvgIpc) is 2.68. The van der Waals surface area contributed by atoms with Crippen molar-refractivity contribution in [2.24, 2.45) is 0 Å². The third-order valence-corrected chi connectivity index (χ3v) is 5.49. The number of nitrogens with zero attached hydrogens (tertiary/aromatic N) is 2. The smallest absolute Gasteiger partial charge is 0.123 e. The number of methoxy groups -OCH3 is 1. The van der Waals surface area contributed by atoms with Crippen molar-refractivity contribution in [2.75, 3.05) is 40.8 Å². The van der Waals surface area contributed by atoms with Gasteiger partial charge in [-0.2, -0.15) is 0 Å². The second kappa shape index (κ2) is 9.55. The summed E-state index contributed by atoms with van der Waals surface area (Å²) in [5, 5.41) is 3.73. The molecule has 0 aromatic heterocycles. The number of ether oxygens (including phenoxy) is 1. The SMILES string of the molecule is COc1ccc(CN2CCN[C@H](c3ccccc3C(C)C)C2)cc1CN(C)C. The monoisotopic (exact) mass is 381 g/mol. The van der Waals surface area contributed by atoms with Crippen LogP contribution in [0.3, 0.4) is 0 Å². The second-order valence-electron chi connectivity index (χ2n) is 8.41. The highest BCUT2D eigenvalue weighted by Crippen LogP contribution is 2.28. The number of piperazine rings is 1. The highest BCUT2D eigenvalue weighted by Gasteiger charge is 2.23. The third-order valence-electron chi connectivity index (χ3n) is 5.49. The van der Waals surface area contributed by atoms with Crippen LogP contribution >= 0.6 is 0 Å². The predicted molar refractivity (Wildman–Crippen MR) is 117 cm³/mol. The van der Waals surface area contributed by atoms with Crippen LogP contribution in [0.25, 0.3) is 0 Å². The van der Waals surface area contributed by atoms with Crippen molar-refractivity contribution in [3.63, 3.8) is 0 Å². The van der Waals surface area contributed by atoms with Gasteiger partial charge >= 0.3 is 0 Å². The Bertz CT molecular complexity index is 772. The molecule has 1 heterocycles. The van der Waals surface area contributed by atoms with E-state index in [1.54, 1.807) is 7.11 Å². The molecular weight excluding hydrogens is 346 g/mol. The van der Waals surface area contributed by atoms with Gasteiger partial charge in [-0.3, -0.25) is 4.90 Å². The van der Waals surface area contributed by atoms with E-state index in [1.807, 2.05) is 0 Å². The van der Waals surface area contributed by atoms with Gasteiger partial charge in [0.15, 0.2) is 0 Å². The molecule has 0 spiro atoms. The van der Waals surface area contributed by atoms with Gasteiger partial charge in [-0.25, -0.2) is 0 Å². The minimum absolute atomic E-state index is 0.395. The van der Waals surface area contributed by atoms with Crippen LogP contribution < -0.4 is 10.1 Å². The highest BCUT2D eigenvalue weighted by molar-refractivity contribution is 5.37. The van der Waals surface area contributed by atoms with Crippen molar-refractivity contribution in [3.8, 4) is 5.75 Å². The fraction of sp³-hybridized carbons (Fsp3) is 0.500. The maximum absolute atomic E-state index is 5.55. The molecule has 0 unspecified atom stereocenters. The molecule has 0 aliphatic carbocycles. The van der Waals surface area contributed by atoms with Crippen molar-refractivity contribution >= 4 is 0 Å². The van der Waals surface area contributed by atoms with E-state index in [0.717, 1.165) is 38.5 Å². The minimum atomic E-state index is 0.395. The van der Waals surface area contributed by atoms with E-state index in [4.69, 9.17) is 4.74 Å². The first kappa shape index (κ1) is 20.8. The molecule has 4 heteroatoms. The molecular formula is C24H35N3O. The van der Waals surface area contributed by atoms with Gasteiger partial charge in [0.2, 0.25) is 0 Å². The maximum atomic E-state index is 5.55. The van der Waals surface area contributed by atoms with E-state index in [2.05, 4.69) is 85.5 Å². The Labute approximate surface area is 170 Å². The van der Waals surface area contributed by atoms with Gasteiger partial charge in [-0.15, -0.1) is 0 Å². The van der Waals surface area contributed by atoms with E-state index >= 15 is 0 Å². The van der Waals surface area contributed by atoms with Crippen LogP contribution in [-0.2, 0) is 13.1 Å². The summed E-state index contributed by atoms with van der Waals surface area (Å²) in [4.78, 5) is 4.75. The van der Waals surface area contributed by atoms with E-state index in [1.165, 1.54) is 22.3 Å². The fourth-order valence-electron chi connectivity index (χ4n) is 4.17. The van der Waals surface area contributed by atoms with Gasteiger partial charge in [0.1, 0.15) is 5.75 Å². The zero-order valence-electron chi connectivity index (χ0n) is 18.0. The molecule has 2 aromatic rings. The van der Waals surface area contributed by atoms with Gasteiger partial charge in [-0.1, -0.05) is 44.2 Å². The van der Waals surface area contributed by atoms with Crippen molar-refractivity contribution in [3.05, 3.63) is 64.7 Å². The predicted octanol–water partition coefficient (Wildman–Crippen LogP) is 4.03. The average molecular weight is 382 g/mol. The second-order valence-corrected chi connectivity index (χ2v) is 8.41. The molecule has 1 aliphatic rings. The lowest BCUT2D eigenvalue weighted by molar-refractivity contribution is 0.192. The van der Waals surface area contributed by atoms with E-state index < -0.39 is 0 Å². The Kier molecular flexibility index (Phi) is 7.11. The normalized spacial score (nSPS) is 18.0. The largest absolute Gasteiger partial charge is 0.496 e. The van der Waals surface area contributed by atoms with Crippen LogP contribution in [0.1, 0.15) is 48.1 Å². The molecule has 2 aromatic carbocycles. The lowest BCUT2D eigenvalue weighted by Crippen LogP contribution is -2.45. The number of nitrogens with one attached hydrogen (secondary N) is 1. The fourth-order valence-corrected chi connectivity index (χ4v) is 4.17. The van der Waals surface area contributed by atoms with Gasteiger partial charge < -0.3 is 15.0 Å². The summed E-state index contributed by atoms with van der Waals surface area (Å²) in [7, 11) is 5.94. The van der Waals surface area contributed by atoms with Crippen molar-refractivity contribution in [1.29, 1.82) is 0 Å². The molecule has 1 fully saturated rings. The zero-order valence-corrected chi connectivity index (χ0v) is 18.0. The van der Waals surface area contributed by atoms with Crippen molar-refractivity contribution in [1.82, 2.24) is 15.1 Å². The summed E-state index contributed by atoms with van der Waals surface area (Å²) in [5.74, 6) is 1.52.